The van der Waals surface area contributed by atoms with Crippen molar-refractivity contribution in [1.29, 1.82) is 0 Å². The fraction of sp³-hybridized carbons (Fsp3) is 0.400. The topological polar surface area (TPSA) is 12.0 Å². The van der Waals surface area contributed by atoms with Gasteiger partial charge in [0.15, 0.2) is 11.6 Å². The van der Waals surface area contributed by atoms with Gasteiger partial charge in [-0.1, -0.05) is 0 Å². The van der Waals surface area contributed by atoms with E-state index < -0.39 is 11.6 Å². The van der Waals surface area contributed by atoms with E-state index >= 15 is 0 Å². The second kappa shape index (κ2) is 2.29. The van der Waals surface area contributed by atoms with E-state index in [9.17, 15) is 8.78 Å². The molecule has 1 nitrogen and oxygen atoms in total. The number of fused-ring (bicyclic) bond motifs is 5. The Bertz CT molecular complexity index is 340. The first-order chi connectivity index (χ1) is 6.25. The van der Waals surface area contributed by atoms with Crippen molar-refractivity contribution in [3.05, 3.63) is 34.9 Å². The SMILES string of the molecule is Fc1cc2c(cc1F)C1CCC2N1. The Balaban J connectivity index is 2.22. The van der Waals surface area contributed by atoms with Crippen LogP contribution in [0.5, 0.6) is 0 Å². The van der Waals surface area contributed by atoms with Gasteiger partial charge in [-0.05, 0) is 36.1 Å². The van der Waals surface area contributed by atoms with Crippen LogP contribution in [0.1, 0.15) is 36.1 Å². The molecular weight excluding hydrogens is 172 g/mol. The molecule has 1 aromatic carbocycles. The maximum Gasteiger partial charge on any atom is 0.159 e. The van der Waals surface area contributed by atoms with Crippen LogP contribution in [0.2, 0.25) is 0 Å². The summed E-state index contributed by atoms with van der Waals surface area (Å²) in [5.74, 6) is -1.46. The molecule has 13 heavy (non-hydrogen) atoms. The van der Waals surface area contributed by atoms with Crippen molar-refractivity contribution in [2.75, 3.05) is 0 Å². The summed E-state index contributed by atoms with van der Waals surface area (Å²) in [6.07, 6.45) is 2.09. The van der Waals surface area contributed by atoms with Gasteiger partial charge in [-0.15, -0.1) is 0 Å². The lowest BCUT2D eigenvalue weighted by Crippen LogP contribution is -2.05. The van der Waals surface area contributed by atoms with Crippen molar-refractivity contribution in [2.45, 2.75) is 24.9 Å². The highest BCUT2D eigenvalue weighted by atomic mass is 19.2. The molecule has 0 aliphatic carbocycles. The molecule has 2 atom stereocenters. The lowest BCUT2D eigenvalue weighted by atomic mass is 9.92. The number of nitrogens with one attached hydrogen (secondary N) is 1. The Hall–Kier alpha value is -0.960. The number of hydrogen-bond donors (Lipinski definition) is 1. The van der Waals surface area contributed by atoms with E-state index in [1.807, 2.05) is 0 Å². The molecule has 2 aliphatic heterocycles. The zero-order valence-electron chi connectivity index (χ0n) is 6.98. The molecular formula is C10H9F2N. The van der Waals surface area contributed by atoms with Gasteiger partial charge in [-0.25, -0.2) is 8.78 Å². The highest BCUT2D eigenvalue weighted by Gasteiger charge is 2.36. The molecule has 3 rings (SSSR count). The number of rotatable bonds is 0. The van der Waals surface area contributed by atoms with Gasteiger partial charge in [0.2, 0.25) is 0 Å². The maximum absolute atomic E-state index is 12.9. The first kappa shape index (κ1) is 7.44. The zero-order valence-corrected chi connectivity index (χ0v) is 6.98. The average molecular weight is 181 g/mol. The van der Waals surface area contributed by atoms with Gasteiger partial charge in [0, 0.05) is 12.1 Å². The molecule has 1 fully saturated rings. The van der Waals surface area contributed by atoms with Crippen molar-refractivity contribution < 1.29 is 8.78 Å². The van der Waals surface area contributed by atoms with Crippen molar-refractivity contribution >= 4 is 0 Å². The zero-order chi connectivity index (χ0) is 9.00. The summed E-state index contributed by atoms with van der Waals surface area (Å²) < 4.78 is 25.8. The third-order valence-electron chi connectivity index (χ3n) is 3.02. The van der Waals surface area contributed by atoms with Crippen LogP contribution < -0.4 is 5.32 Å². The van der Waals surface area contributed by atoms with Crippen LogP contribution >= 0.6 is 0 Å². The molecule has 0 radical (unpaired) electrons. The van der Waals surface area contributed by atoms with Crippen molar-refractivity contribution in [3.8, 4) is 0 Å². The Labute approximate surface area is 74.8 Å². The van der Waals surface area contributed by atoms with Gasteiger partial charge < -0.3 is 5.32 Å². The minimum absolute atomic E-state index is 0.259. The summed E-state index contributed by atoms with van der Waals surface area (Å²) in [6.45, 7) is 0. The largest absolute Gasteiger partial charge is 0.303 e. The van der Waals surface area contributed by atoms with Crippen LogP contribution in [0.15, 0.2) is 12.1 Å². The molecule has 68 valence electrons. The van der Waals surface area contributed by atoms with Gasteiger partial charge in [-0.2, -0.15) is 0 Å². The Morgan fingerprint density at radius 2 is 1.46 bits per heavy atom. The molecule has 0 aromatic heterocycles. The highest BCUT2D eigenvalue weighted by molar-refractivity contribution is 5.40. The highest BCUT2D eigenvalue weighted by Crippen LogP contribution is 2.45. The summed E-state index contributed by atoms with van der Waals surface area (Å²) in [7, 11) is 0. The van der Waals surface area contributed by atoms with E-state index in [2.05, 4.69) is 5.32 Å². The second-order valence-electron chi connectivity index (χ2n) is 3.74. The average Bonchev–Trinajstić information content (AvgIpc) is 2.67. The molecule has 2 aliphatic rings. The van der Waals surface area contributed by atoms with Gasteiger partial charge >= 0.3 is 0 Å². The smallest absolute Gasteiger partial charge is 0.159 e. The van der Waals surface area contributed by atoms with E-state index in [4.69, 9.17) is 0 Å². The minimum Gasteiger partial charge on any atom is -0.303 e. The van der Waals surface area contributed by atoms with Crippen molar-refractivity contribution in [3.63, 3.8) is 0 Å². The van der Waals surface area contributed by atoms with E-state index in [1.54, 1.807) is 0 Å². The molecule has 2 bridgehead atoms. The van der Waals surface area contributed by atoms with Gasteiger partial charge in [0.25, 0.3) is 0 Å². The van der Waals surface area contributed by atoms with E-state index in [-0.39, 0.29) is 12.1 Å². The van der Waals surface area contributed by atoms with Crippen LogP contribution in [-0.4, -0.2) is 0 Å². The second-order valence-corrected chi connectivity index (χ2v) is 3.74. The first-order valence-electron chi connectivity index (χ1n) is 4.50. The third-order valence-corrected chi connectivity index (χ3v) is 3.02. The lowest BCUT2D eigenvalue weighted by molar-refractivity contribution is 0.503. The fourth-order valence-electron chi connectivity index (χ4n) is 2.41. The van der Waals surface area contributed by atoms with Crippen LogP contribution in [0.3, 0.4) is 0 Å². The van der Waals surface area contributed by atoms with Crippen molar-refractivity contribution in [2.24, 2.45) is 0 Å². The lowest BCUT2D eigenvalue weighted by Gasteiger charge is -2.12. The molecule has 2 heterocycles. The summed E-state index contributed by atoms with van der Waals surface area (Å²) >= 11 is 0. The molecule has 0 saturated carbocycles. The van der Waals surface area contributed by atoms with Crippen LogP contribution in [0, 0.1) is 11.6 Å². The Morgan fingerprint density at radius 3 is 1.92 bits per heavy atom. The number of benzene rings is 1. The molecule has 0 amide bonds. The van der Waals surface area contributed by atoms with Crippen molar-refractivity contribution in [1.82, 2.24) is 5.32 Å². The normalized spacial score (nSPS) is 29.4. The summed E-state index contributed by atoms with van der Waals surface area (Å²) in [6, 6.07) is 3.19. The summed E-state index contributed by atoms with van der Waals surface area (Å²) in [5, 5.41) is 3.31. The molecule has 1 N–H and O–H groups in total. The van der Waals surface area contributed by atoms with E-state index in [1.165, 1.54) is 12.1 Å². The van der Waals surface area contributed by atoms with E-state index in [0.717, 1.165) is 24.0 Å². The number of hydrogen-bond acceptors (Lipinski definition) is 1. The minimum atomic E-state index is -0.729. The third kappa shape index (κ3) is 0.879. The molecule has 2 unspecified atom stereocenters. The first-order valence-corrected chi connectivity index (χ1v) is 4.50. The monoisotopic (exact) mass is 181 g/mol. The summed E-state index contributed by atoms with van der Waals surface area (Å²) in [4.78, 5) is 0. The van der Waals surface area contributed by atoms with Crippen LogP contribution in [-0.2, 0) is 0 Å². The molecule has 0 spiro atoms. The molecule has 1 aromatic rings. The Kier molecular flexibility index (Phi) is 1.31. The Morgan fingerprint density at radius 1 is 1.00 bits per heavy atom. The van der Waals surface area contributed by atoms with Gasteiger partial charge in [-0.3, -0.25) is 0 Å². The predicted octanol–water partition coefficient (Wildman–Crippen LogP) is 2.44. The number of halogens is 2. The van der Waals surface area contributed by atoms with Crippen LogP contribution in [0.4, 0.5) is 8.78 Å². The quantitative estimate of drug-likeness (QED) is 0.648. The van der Waals surface area contributed by atoms with E-state index in [0.29, 0.717) is 0 Å². The predicted molar refractivity (Wildman–Crippen MR) is 44.2 cm³/mol. The summed E-state index contributed by atoms with van der Waals surface area (Å²) in [5.41, 5.74) is 1.91. The maximum atomic E-state index is 12.9. The standard InChI is InChI=1S/C10H9F2N/c11-7-3-5-6(4-8(7)12)10-2-1-9(5)13-10/h3-4,9-10,13H,1-2H2. The fourth-order valence-corrected chi connectivity index (χ4v) is 2.41. The van der Waals surface area contributed by atoms with Gasteiger partial charge in [0.05, 0.1) is 0 Å². The van der Waals surface area contributed by atoms with Crippen LogP contribution in [0.25, 0.3) is 0 Å². The van der Waals surface area contributed by atoms with Gasteiger partial charge in [0.1, 0.15) is 0 Å². The molecule has 3 heteroatoms. The molecule has 1 saturated heterocycles.